The van der Waals surface area contributed by atoms with Crippen LogP contribution in [0, 0.1) is 12.4 Å². The van der Waals surface area contributed by atoms with E-state index >= 15 is 0 Å². The van der Waals surface area contributed by atoms with Crippen molar-refractivity contribution in [1.29, 1.82) is 0 Å². The summed E-state index contributed by atoms with van der Waals surface area (Å²) in [4.78, 5) is 2.13. The van der Waals surface area contributed by atoms with Gasteiger partial charge in [-0.25, -0.2) is 27.2 Å². The van der Waals surface area contributed by atoms with Crippen molar-refractivity contribution in [2.75, 3.05) is 0 Å². The molecule has 0 bridgehead atoms. The number of sulfonamides is 1. The van der Waals surface area contributed by atoms with E-state index in [1.807, 2.05) is 0 Å². The van der Waals surface area contributed by atoms with Gasteiger partial charge in [-0.05, 0) is 24.3 Å². The molecular formula is C16H10F4N2O4S. The maximum Gasteiger partial charge on any atom is 0.312 e. The van der Waals surface area contributed by atoms with Crippen LogP contribution in [0.1, 0.15) is 23.4 Å². The van der Waals surface area contributed by atoms with Crippen LogP contribution >= 0.6 is 0 Å². The summed E-state index contributed by atoms with van der Waals surface area (Å²) in [5, 5.41) is 14.7. The molecule has 3 N–H and O–H groups in total. The van der Waals surface area contributed by atoms with Gasteiger partial charge >= 0.3 is 5.92 Å². The highest BCUT2D eigenvalue weighted by Gasteiger charge is 2.59. The topological polar surface area (TPSA) is 94.0 Å². The fourth-order valence-corrected chi connectivity index (χ4v) is 3.58. The molecule has 1 aliphatic rings. The minimum Gasteiger partial charge on any atom is -0.458 e. The lowest BCUT2D eigenvalue weighted by Gasteiger charge is -2.16. The third-order valence-corrected chi connectivity index (χ3v) is 4.93. The Balaban J connectivity index is 2.21. The zero-order chi connectivity index (χ0) is 20.1. The highest BCUT2D eigenvalue weighted by atomic mass is 32.2. The van der Waals surface area contributed by atoms with Crippen molar-refractivity contribution in [2.45, 2.75) is 23.1 Å². The van der Waals surface area contributed by atoms with E-state index in [1.165, 1.54) is 0 Å². The summed E-state index contributed by atoms with van der Waals surface area (Å²) in [6, 6.07) is 4.43. The van der Waals surface area contributed by atoms with Gasteiger partial charge in [0.15, 0.2) is 11.9 Å². The lowest BCUT2D eigenvalue weighted by molar-refractivity contribution is -0.143. The molecule has 1 aliphatic carbocycles. The van der Waals surface area contributed by atoms with E-state index in [1.54, 1.807) is 0 Å². The van der Waals surface area contributed by atoms with Gasteiger partial charge in [0.1, 0.15) is 23.4 Å². The quantitative estimate of drug-likeness (QED) is 0.607. The smallest absolute Gasteiger partial charge is 0.312 e. The zero-order valence-electron chi connectivity index (χ0n) is 13.2. The molecule has 0 heterocycles. The van der Waals surface area contributed by atoms with E-state index in [0.717, 1.165) is 30.3 Å². The number of fused-ring (bicyclic) bond motifs is 1. The average Bonchev–Trinajstić information content (AvgIpc) is 2.75. The van der Waals surface area contributed by atoms with Crippen LogP contribution in [-0.4, -0.2) is 19.4 Å². The standard InChI is InChI=1S/C16H10F4N2O4S/c1-22-8-4-7(17)5-9(6-8)26-10-2-3-11(27(21,24)25)13-12(10)14(18)16(19,20)15(13)23/h2-6,14-15,23H,(H2,21,24,25)/t14-,15+/m1/s1. The number of nitrogens with zero attached hydrogens (tertiary/aromatic N) is 1. The number of rotatable bonds is 3. The summed E-state index contributed by atoms with van der Waals surface area (Å²) in [6.45, 7) is 6.88. The molecule has 0 radical (unpaired) electrons. The number of primary sulfonamides is 1. The summed E-state index contributed by atoms with van der Waals surface area (Å²) in [5.41, 5.74) is -1.99. The maximum absolute atomic E-state index is 14.4. The maximum atomic E-state index is 14.4. The van der Waals surface area contributed by atoms with Gasteiger partial charge in [0, 0.05) is 17.2 Å². The molecule has 0 aromatic heterocycles. The summed E-state index contributed by atoms with van der Waals surface area (Å²) in [7, 11) is -4.56. The Bertz CT molecular complexity index is 1080. The van der Waals surface area contributed by atoms with E-state index in [9.17, 15) is 31.1 Å². The molecule has 0 amide bonds. The Morgan fingerprint density at radius 1 is 1.22 bits per heavy atom. The molecule has 3 rings (SSSR count). The van der Waals surface area contributed by atoms with Crippen LogP contribution in [0.15, 0.2) is 35.2 Å². The van der Waals surface area contributed by atoms with Gasteiger partial charge < -0.3 is 9.84 Å². The second-order valence-electron chi connectivity index (χ2n) is 5.73. The summed E-state index contributed by atoms with van der Waals surface area (Å²) in [6.07, 6.45) is -5.86. The van der Waals surface area contributed by atoms with Crippen molar-refractivity contribution in [2.24, 2.45) is 5.14 Å². The molecule has 6 nitrogen and oxygen atoms in total. The summed E-state index contributed by atoms with van der Waals surface area (Å²) in [5.74, 6) is -6.06. The van der Waals surface area contributed by atoms with Crippen LogP contribution in [0.5, 0.6) is 11.5 Å². The van der Waals surface area contributed by atoms with Crippen molar-refractivity contribution in [3.63, 3.8) is 0 Å². The molecule has 0 saturated carbocycles. The van der Waals surface area contributed by atoms with Gasteiger partial charge in [0.2, 0.25) is 10.0 Å². The van der Waals surface area contributed by atoms with E-state index in [2.05, 4.69) is 4.85 Å². The minimum atomic E-state index is -4.56. The fraction of sp³-hybridized carbons (Fsp3) is 0.188. The fourth-order valence-electron chi connectivity index (χ4n) is 2.80. The number of hydrogen-bond donors (Lipinski definition) is 2. The predicted molar refractivity (Wildman–Crippen MR) is 84.3 cm³/mol. The minimum absolute atomic E-state index is 0.162. The number of halogens is 4. The molecule has 11 heteroatoms. The molecule has 2 aromatic rings. The molecule has 2 aromatic carbocycles. The number of benzene rings is 2. The number of nitrogens with two attached hydrogens (primary N) is 1. The lowest BCUT2D eigenvalue weighted by atomic mass is 10.1. The van der Waals surface area contributed by atoms with Crippen LogP contribution in [0.2, 0.25) is 0 Å². The zero-order valence-corrected chi connectivity index (χ0v) is 14.0. The molecular weight excluding hydrogens is 392 g/mol. The van der Waals surface area contributed by atoms with Crippen molar-refractivity contribution in [3.05, 3.63) is 58.7 Å². The molecule has 0 spiro atoms. The van der Waals surface area contributed by atoms with Crippen molar-refractivity contribution < 1.29 is 35.8 Å². The Morgan fingerprint density at radius 2 is 1.89 bits per heavy atom. The molecule has 0 fully saturated rings. The summed E-state index contributed by atoms with van der Waals surface area (Å²) < 4.78 is 84.3. The van der Waals surface area contributed by atoms with Crippen molar-refractivity contribution in [1.82, 2.24) is 0 Å². The van der Waals surface area contributed by atoms with Crippen molar-refractivity contribution in [3.8, 4) is 11.5 Å². The number of aliphatic hydroxyl groups is 1. The normalized spacial score (nSPS) is 20.8. The highest BCUT2D eigenvalue weighted by molar-refractivity contribution is 7.89. The van der Waals surface area contributed by atoms with Gasteiger partial charge in [-0.2, -0.15) is 8.78 Å². The molecule has 2 atom stereocenters. The first-order chi connectivity index (χ1) is 12.5. The van der Waals surface area contributed by atoms with Crippen molar-refractivity contribution >= 4 is 15.7 Å². The molecule has 27 heavy (non-hydrogen) atoms. The largest absolute Gasteiger partial charge is 0.458 e. The van der Waals surface area contributed by atoms with Gasteiger partial charge in [0.05, 0.1) is 11.5 Å². The second-order valence-corrected chi connectivity index (χ2v) is 7.26. The Kier molecular flexibility index (Phi) is 4.38. The lowest BCUT2D eigenvalue weighted by Crippen LogP contribution is -2.25. The number of aliphatic hydroxyl groups excluding tert-OH is 1. The molecule has 0 saturated heterocycles. The average molecular weight is 402 g/mol. The van der Waals surface area contributed by atoms with Crippen LogP contribution in [-0.2, 0) is 10.0 Å². The molecule has 142 valence electrons. The SMILES string of the molecule is [C-]#[N+]c1cc(F)cc(Oc2ccc(S(N)(=O)=O)c3c2[C@@H](F)C(F)(F)[C@H]3O)c1. The summed E-state index contributed by atoms with van der Waals surface area (Å²) >= 11 is 0. The molecule has 0 unspecified atom stereocenters. The number of alkyl halides is 3. The van der Waals surface area contributed by atoms with Crippen LogP contribution < -0.4 is 9.88 Å². The van der Waals surface area contributed by atoms with Crippen LogP contribution in [0.4, 0.5) is 23.2 Å². The first-order valence-corrected chi connectivity index (χ1v) is 8.77. The predicted octanol–water partition coefficient (Wildman–Crippen LogP) is 3.51. The van der Waals surface area contributed by atoms with Crippen LogP contribution in [0.25, 0.3) is 4.85 Å². The Labute approximate surface area is 150 Å². The number of hydrogen-bond acceptors (Lipinski definition) is 4. The van der Waals surface area contributed by atoms with Gasteiger partial charge in [-0.3, -0.25) is 0 Å². The number of ether oxygens (including phenoxy) is 1. The Morgan fingerprint density at radius 3 is 2.48 bits per heavy atom. The van der Waals surface area contributed by atoms with E-state index in [4.69, 9.17) is 16.4 Å². The van der Waals surface area contributed by atoms with Gasteiger partial charge in [0.25, 0.3) is 0 Å². The molecule has 0 aliphatic heterocycles. The van der Waals surface area contributed by atoms with E-state index in [-0.39, 0.29) is 11.4 Å². The first kappa shape index (κ1) is 19.1. The Hall–Kier alpha value is -2.68. The van der Waals surface area contributed by atoms with E-state index in [0.29, 0.717) is 0 Å². The monoisotopic (exact) mass is 402 g/mol. The van der Waals surface area contributed by atoms with Gasteiger partial charge in [-0.15, -0.1) is 0 Å². The van der Waals surface area contributed by atoms with E-state index < -0.39 is 55.8 Å². The first-order valence-electron chi connectivity index (χ1n) is 7.22. The van der Waals surface area contributed by atoms with Crippen LogP contribution in [0.3, 0.4) is 0 Å². The third kappa shape index (κ3) is 3.12. The highest BCUT2D eigenvalue weighted by Crippen LogP contribution is 2.57. The second kappa shape index (κ2) is 6.19. The third-order valence-electron chi connectivity index (χ3n) is 3.96. The van der Waals surface area contributed by atoms with Gasteiger partial charge in [-0.1, -0.05) is 0 Å².